The number of rotatable bonds is 3. The van der Waals surface area contributed by atoms with Crippen LogP contribution in [0.25, 0.3) is 0 Å². The lowest BCUT2D eigenvalue weighted by Crippen LogP contribution is -2.40. The van der Waals surface area contributed by atoms with Crippen LogP contribution in [0.15, 0.2) is 42.5 Å². The van der Waals surface area contributed by atoms with Gasteiger partial charge in [0, 0.05) is 12.1 Å². The van der Waals surface area contributed by atoms with E-state index in [1.807, 2.05) is 0 Å². The minimum Gasteiger partial charge on any atom is -0.311 e. The fourth-order valence-corrected chi connectivity index (χ4v) is 3.60. The van der Waals surface area contributed by atoms with Crippen LogP contribution in [0.5, 0.6) is 0 Å². The highest BCUT2D eigenvalue weighted by Crippen LogP contribution is 2.33. The summed E-state index contributed by atoms with van der Waals surface area (Å²) in [6.07, 6.45) is 13.9. The lowest BCUT2D eigenvalue weighted by Gasteiger charge is -2.33. The van der Waals surface area contributed by atoms with Crippen molar-refractivity contribution >= 4 is 0 Å². The van der Waals surface area contributed by atoms with Crippen molar-refractivity contribution in [1.29, 1.82) is 0 Å². The summed E-state index contributed by atoms with van der Waals surface area (Å²) in [7, 11) is 0. The molecule has 1 saturated carbocycles. The van der Waals surface area contributed by atoms with Crippen LogP contribution in [-0.2, 0) is 0 Å². The van der Waals surface area contributed by atoms with Gasteiger partial charge in [0.25, 0.3) is 0 Å². The predicted octanol–water partition coefficient (Wildman–Crippen LogP) is 4.41. The van der Waals surface area contributed by atoms with Crippen LogP contribution >= 0.6 is 0 Å². The topological polar surface area (TPSA) is 12.0 Å². The van der Waals surface area contributed by atoms with Crippen LogP contribution < -0.4 is 5.32 Å². The highest BCUT2D eigenvalue weighted by atomic mass is 14.9. The average molecular weight is 255 g/mol. The summed E-state index contributed by atoms with van der Waals surface area (Å²) < 4.78 is 0. The minimum absolute atomic E-state index is 0.739. The number of benzene rings is 1. The Labute approximate surface area is 117 Å². The molecule has 1 heteroatoms. The van der Waals surface area contributed by atoms with Gasteiger partial charge in [0.05, 0.1) is 0 Å². The summed E-state index contributed by atoms with van der Waals surface area (Å²) >= 11 is 0. The average Bonchev–Trinajstić information content (AvgIpc) is 2.50. The Hall–Kier alpha value is -1.08. The van der Waals surface area contributed by atoms with Crippen LogP contribution in [0.4, 0.5) is 0 Å². The van der Waals surface area contributed by atoms with Gasteiger partial charge in [-0.1, -0.05) is 42.5 Å². The quantitative estimate of drug-likeness (QED) is 0.789. The Balaban J connectivity index is 1.48. The second-order valence-corrected chi connectivity index (χ2v) is 6.11. The number of allylic oxidation sites excluding steroid dienone is 1. The van der Waals surface area contributed by atoms with E-state index < -0.39 is 0 Å². The zero-order valence-corrected chi connectivity index (χ0v) is 11.7. The first kappa shape index (κ1) is 12.9. The van der Waals surface area contributed by atoms with E-state index in [9.17, 15) is 0 Å². The third-order valence-corrected chi connectivity index (χ3v) is 4.74. The molecule has 1 fully saturated rings. The summed E-state index contributed by atoms with van der Waals surface area (Å²) in [5.41, 5.74) is 1.54. The third-order valence-electron chi connectivity index (χ3n) is 4.74. The first-order valence-electron chi connectivity index (χ1n) is 7.88. The van der Waals surface area contributed by atoms with Gasteiger partial charge in [0.2, 0.25) is 0 Å². The van der Waals surface area contributed by atoms with Gasteiger partial charge in [-0.25, -0.2) is 0 Å². The van der Waals surface area contributed by atoms with Crippen molar-refractivity contribution in [2.75, 3.05) is 0 Å². The van der Waals surface area contributed by atoms with Gasteiger partial charge in [0.1, 0.15) is 0 Å². The van der Waals surface area contributed by atoms with E-state index in [0.29, 0.717) is 0 Å². The highest BCUT2D eigenvalue weighted by molar-refractivity contribution is 5.20. The van der Waals surface area contributed by atoms with Crippen molar-refractivity contribution in [3.05, 3.63) is 48.0 Å². The molecule has 19 heavy (non-hydrogen) atoms. The molecular formula is C18H25N. The van der Waals surface area contributed by atoms with Crippen molar-refractivity contribution in [2.24, 2.45) is 0 Å². The summed E-state index contributed by atoms with van der Waals surface area (Å²) in [5, 5.41) is 3.88. The molecule has 0 aliphatic heterocycles. The van der Waals surface area contributed by atoms with Crippen LogP contribution in [0.2, 0.25) is 0 Å². The van der Waals surface area contributed by atoms with Crippen molar-refractivity contribution < 1.29 is 0 Å². The molecule has 2 aliphatic carbocycles. The largest absolute Gasteiger partial charge is 0.311 e. The number of hydrogen-bond acceptors (Lipinski definition) is 1. The smallest absolute Gasteiger partial charge is 0.0107 e. The zero-order chi connectivity index (χ0) is 12.9. The number of nitrogens with one attached hydrogen (secondary N) is 1. The summed E-state index contributed by atoms with van der Waals surface area (Å²) in [4.78, 5) is 0. The molecule has 3 rings (SSSR count). The van der Waals surface area contributed by atoms with Crippen molar-refractivity contribution in [1.82, 2.24) is 5.32 Å². The fraction of sp³-hybridized carbons (Fsp3) is 0.556. The molecule has 1 aromatic carbocycles. The summed E-state index contributed by atoms with van der Waals surface area (Å²) in [6.45, 7) is 0. The number of hydrogen-bond donors (Lipinski definition) is 1. The Bertz CT molecular complexity index is 401. The Morgan fingerprint density at radius 3 is 2.26 bits per heavy atom. The molecule has 1 nitrogen and oxygen atoms in total. The van der Waals surface area contributed by atoms with E-state index in [1.165, 1.54) is 44.9 Å². The maximum atomic E-state index is 3.88. The molecule has 1 unspecified atom stereocenters. The van der Waals surface area contributed by atoms with Crippen LogP contribution in [0, 0.1) is 0 Å². The second-order valence-electron chi connectivity index (χ2n) is 6.11. The Morgan fingerprint density at radius 2 is 1.58 bits per heavy atom. The molecule has 1 aromatic rings. The van der Waals surface area contributed by atoms with E-state index in [0.717, 1.165) is 18.0 Å². The molecule has 0 spiro atoms. The van der Waals surface area contributed by atoms with Crippen LogP contribution in [0.1, 0.15) is 56.4 Å². The molecule has 2 aliphatic rings. The van der Waals surface area contributed by atoms with Gasteiger partial charge in [-0.3, -0.25) is 0 Å². The molecule has 1 atom stereocenters. The molecule has 0 saturated heterocycles. The maximum Gasteiger partial charge on any atom is 0.0107 e. The highest BCUT2D eigenvalue weighted by Gasteiger charge is 2.23. The molecule has 0 bridgehead atoms. The molecule has 102 valence electrons. The van der Waals surface area contributed by atoms with Gasteiger partial charge in [-0.15, -0.1) is 0 Å². The summed E-state index contributed by atoms with van der Waals surface area (Å²) in [6, 6.07) is 12.6. The molecule has 0 radical (unpaired) electrons. The summed E-state index contributed by atoms with van der Waals surface area (Å²) in [5.74, 6) is 0.797. The normalized spacial score (nSPS) is 31.3. The lowest BCUT2D eigenvalue weighted by molar-refractivity contribution is 0.305. The Kier molecular flexibility index (Phi) is 4.34. The van der Waals surface area contributed by atoms with E-state index in [2.05, 4.69) is 47.8 Å². The van der Waals surface area contributed by atoms with Gasteiger partial charge < -0.3 is 5.32 Å². The third kappa shape index (κ3) is 3.48. The molecule has 0 amide bonds. The molecule has 1 N–H and O–H groups in total. The van der Waals surface area contributed by atoms with E-state index in [1.54, 1.807) is 5.56 Å². The van der Waals surface area contributed by atoms with Crippen molar-refractivity contribution in [2.45, 2.75) is 62.9 Å². The maximum absolute atomic E-state index is 3.88. The SMILES string of the molecule is C1=CCC(NC2CCC(c3ccccc3)CC2)CC1. The monoisotopic (exact) mass is 255 g/mol. The molecular weight excluding hydrogens is 230 g/mol. The van der Waals surface area contributed by atoms with Crippen molar-refractivity contribution in [3.8, 4) is 0 Å². The van der Waals surface area contributed by atoms with E-state index in [-0.39, 0.29) is 0 Å². The minimum atomic E-state index is 0.739. The van der Waals surface area contributed by atoms with Gasteiger partial charge in [0.15, 0.2) is 0 Å². The lowest BCUT2D eigenvalue weighted by atomic mass is 9.81. The van der Waals surface area contributed by atoms with Gasteiger partial charge >= 0.3 is 0 Å². The fourth-order valence-electron chi connectivity index (χ4n) is 3.60. The zero-order valence-electron chi connectivity index (χ0n) is 11.7. The molecule has 0 aromatic heterocycles. The van der Waals surface area contributed by atoms with Gasteiger partial charge in [-0.2, -0.15) is 0 Å². The Morgan fingerprint density at radius 1 is 0.789 bits per heavy atom. The van der Waals surface area contributed by atoms with E-state index >= 15 is 0 Å². The van der Waals surface area contributed by atoms with Crippen LogP contribution in [-0.4, -0.2) is 12.1 Å². The molecule has 0 heterocycles. The second kappa shape index (κ2) is 6.38. The standard InChI is InChI=1S/C18H25N/c1-3-7-15(8-4-1)16-11-13-18(14-12-16)19-17-9-5-2-6-10-17/h1-5,7-8,16-19H,6,9-14H2. The van der Waals surface area contributed by atoms with Crippen molar-refractivity contribution in [3.63, 3.8) is 0 Å². The van der Waals surface area contributed by atoms with Crippen LogP contribution in [0.3, 0.4) is 0 Å². The first-order valence-corrected chi connectivity index (χ1v) is 7.88. The first-order chi connectivity index (χ1) is 9.42. The van der Waals surface area contributed by atoms with E-state index in [4.69, 9.17) is 0 Å². The van der Waals surface area contributed by atoms with Gasteiger partial charge in [-0.05, 0) is 56.4 Å². The predicted molar refractivity (Wildman–Crippen MR) is 81.4 cm³/mol.